The monoisotopic (exact) mass is 497 g/mol. The minimum absolute atomic E-state index is 0.261. The second-order valence-electron chi connectivity index (χ2n) is 7.03. The summed E-state index contributed by atoms with van der Waals surface area (Å²) in [5.41, 5.74) is 3.12. The van der Waals surface area contributed by atoms with Crippen molar-refractivity contribution in [3.05, 3.63) is 82.0 Å². The molecule has 0 saturated carbocycles. The van der Waals surface area contributed by atoms with Crippen molar-refractivity contribution in [2.24, 2.45) is 0 Å². The third-order valence-electron chi connectivity index (χ3n) is 4.82. The van der Waals surface area contributed by atoms with E-state index < -0.39 is 5.97 Å². The van der Waals surface area contributed by atoms with Crippen molar-refractivity contribution < 1.29 is 9.53 Å². The lowest BCUT2D eigenvalue weighted by Crippen LogP contribution is -2.21. The predicted molar refractivity (Wildman–Crippen MR) is 136 cm³/mol. The SMILES string of the molecule is COC(=O)c1c(NC(=S)Nc2ncn(Cc3ccccc3Cl)n2)sc(C)c1-c1ccccc1. The van der Waals surface area contributed by atoms with Crippen LogP contribution in [-0.4, -0.2) is 33.0 Å². The maximum absolute atomic E-state index is 12.6. The van der Waals surface area contributed by atoms with E-state index in [1.165, 1.54) is 18.4 Å². The van der Waals surface area contributed by atoms with Crippen LogP contribution in [0.2, 0.25) is 5.02 Å². The first-order chi connectivity index (χ1) is 16.0. The molecule has 2 N–H and O–H groups in total. The fourth-order valence-corrected chi connectivity index (χ4v) is 4.87. The fraction of sp³-hybridized carbons (Fsp3) is 0.130. The van der Waals surface area contributed by atoms with Crippen LogP contribution in [0.5, 0.6) is 0 Å². The number of thiocarbonyl (C=S) groups is 1. The van der Waals surface area contributed by atoms with E-state index in [1.807, 2.05) is 61.5 Å². The van der Waals surface area contributed by atoms with Crippen LogP contribution in [0.3, 0.4) is 0 Å². The van der Waals surface area contributed by atoms with E-state index in [2.05, 4.69) is 20.7 Å². The lowest BCUT2D eigenvalue weighted by molar-refractivity contribution is 0.0603. The number of nitrogens with one attached hydrogen (secondary N) is 2. The molecule has 7 nitrogen and oxygen atoms in total. The number of anilines is 2. The molecule has 0 saturated heterocycles. The zero-order chi connectivity index (χ0) is 23.4. The Hall–Kier alpha value is -3.27. The lowest BCUT2D eigenvalue weighted by Gasteiger charge is -2.09. The number of methoxy groups -OCH3 is 1. The van der Waals surface area contributed by atoms with Crippen molar-refractivity contribution in [2.45, 2.75) is 13.5 Å². The Kier molecular flexibility index (Phi) is 7.02. The second-order valence-corrected chi connectivity index (χ2v) is 9.07. The molecular formula is C23H20ClN5O2S2. The number of benzene rings is 2. The molecule has 0 amide bonds. The molecule has 0 radical (unpaired) electrons. The molecule has 0 unspecified atom stereocenters. The van der Waals surface area contributed by atoms with Gasteiger partial charge in [0, 0.05) is 15.5 Å². The number of hydrogen-bond donors (Lipinski definition) is 2. The number of hydrogen-bond acceptors (Lipinski definition) is 6. The van der Waals surface area contributed by atoms with E-state index in [9.17, 15) is 4.79 Å². The molecule has 0 atom stereocenters. The van der Waals surface area contributed by atoms with Crippen molar-refractivity contribution in [3.8, 4) is 11.1 Å². The molecule has 0 spiro atoms. The molecule has 0 aliphatic heterocycles. The van der Waals surface area contributed by atoms with Crippen LogP contribution in [0.25, 0.3) is 11.1 Å². The highest BCUT2D eigenvalue weighted by molar-refractivity contribution is 7.80. The Bertz CT molecular complexity index is 1300. The van der Waals surface area contributed by atoms with Gasteiger partial charge in [-0.1, -0.05) is 60.1 Å². The van der Waals surface area contributed by atoms with Crippen LogP contribution in [0, 0.1) is 6.92 Å². The normalized spacial score (nSPS) is 10.6. The first-order valence-corrected chi connectivity index (χ1v) is 11.5. The highest BCUT2D eigenvalue weighted by Gasteiger charge is 2.24. The number of aromatic nitrogens is 3. The number of carbonyl (C=O) groups excluding carboxylic acids is 1. The summed E-state index contributed by atoms with van der Waals surface area (Å²) in [6.45, 7) is 2.44. The molecule has 0 bridgehead atoms. The van der Waals surface area contributed by atoms with Crippen LogP contribution >= 0.6 is 35.2 Å². The zero-order valence-corrected chi connectivity index (χ0v) is 20.2. The first kappa shape index (κ1) is 22.9. The van der Waals surface area contributed by atoms with Gasteiger partial charge in [0.25, 0.3) is 0 Å². The number of esters is 1. The van der Waals surface area contributed by atoms with E-state index in [0.29, 0.717) is 28.1 Å². The highest BCUT2D eigenvalue weighted by Crippen LogP contribution is 2.40. The van der Waals surface area contributed by atoms with Gasteiger partial charge in [0.2, 0.25) is 5.95 Å². The molecule has 10 heteroatoms. The standard InChI is InChI=1S/C23H20ClN5O2S2/c1-14-18(15-8-4-3-5-9-15)19(21(30)31-2)20(33-14)26-23(32)27-22-25-13-29(28-22)12-16-10-6-7-11-17(16)24/h3-11,13H,12H2,1-2H3,(H2,26,27,28,32). The van der Waals surface area contributed by atoms with E-state index in [0.717, 1.165) is 21.6 Å². The van der Waals surface area contributed by atoms with E-state index >= 15 is 0 Å². The molecule has 0 aliphatic carbocycles. The average molecular weight is 498 g/mol. The quantitative estimate of drug-likeness (QED) is 0.264. The first-order valence-electron chi connectivity index (χ1n) is 9.94. The summed E-state index contributed by atoms with van der Waals surface area (Å²) in [6, 6.07) is 17.3. The molecular weight excluding hydrogens is 478 g/mol. The number of nitrogens with zero attached hydrogens (tertiary/aromatic N) is 3. The highest BCUT2D eigenvalue weighted by atomic mass is 35.5. The summed E-state index contributed by atoms with van der Waals surface area (Å²) in [4.78, 5) is 17.8. The topological polar surface area (TPSA) is 81.1 Å². The third-order valence-corrected chi connectivity index (χ3v) is 6.41. The van der Waals surface area contributed by atoms with E-state index in [4.69, 9.17) is 28.6 Å². The Morgan fingerprint density at radius 1 is 1.15 bits per heavy atom. The van der Waals surface area contributed by atoms with Gasteiger partial charge in [0.05, 0.1) is 13.7 Å². The summed E-state index contributed by atoms with van der Waals surface area (Å²) in [7, 11) is 1.36. The molecule has 33 heavy (non-hydrogen) atoms. The summed E-state index contributed by atoms with van der Waals surface area (Å²) >= 11 is 13.1. The van der Waals surface area contributed by atoms with Crippen LogP contribution in [-0.2, 0) is 11.3 Å². The zero-order valence-electron chi connectivity index (χ0n) is 17.8. The van der Waals surface area contributed by atoms with Gasteiger partial charge in [-0.15, -0.1) is 16.4 Å². The van der Waals surface area contributed by atoms with Crippen molar-refractivity contribution in [1.82, 2.24) is 14.8 Å². The number of ether oxygens (including phenoxy) is 1. The van der Waals surface area contributed by atoms with Gasteiger partial charge in [-0.2, -0.15) is 0 Å². The van der Waals surface area contributed by atoms with Gasteiger partial charge >= 0.3 is 5.97 Å². The fourth-order valence-electron chi connectivity index (χ4n) is 3.35. The van der Waals surface area contributed by atoms with Crippen molar-refractivity contribution in [1.29, 1.82) is 0 Å². The van der Waals surface area contributed by atoms with Gasteiger partial charge in [-0.05, 0) is 36.3 Å². The van der Waals surface area contributed by atoms with Crippen molar-refractivity contribution in [3.63, 3.8) is 0 Å². The maximum atomic E-state index is 12.6. The molecule has 2 aromatic heterocycles. The summed E-state index contributed by atoms with van der Waals surface area (Å²) in [5, 5.41) is 12.0. The van der Waals surface area contributed by atoms with Gasteiger partial charge in [0.15, 0.2) is 5.11 Å². The van der Waals surface area contributed by atoms with Crippen molar-refractivity contribution >= 4 is 57.2 Å². The second kappa shape index (κ2) is 10.1. The van der Waals surface area contributed by atoms with Gasteiger partial charge in [-0.25, -0.2) is 14.5 Å². The molecule has 2 aromatic carbocycles. The average Bonchev–Trinajstić information content (AvgIpc) is 3.38. The molecule has 2 heterocycles. The van der Waals surface area contributed by atoms with E-state index in [1.54, 1.807) is 11.0 Å². The molecule has 0 fully saturated rings. The van der Waals surface area contributed by atoms with Crippen LogP contribution < -0.4 is 10.6 Å². The molecule has 4 aromatic rings. The lowest BCUT2D eigenvalue weighted by atomic mass is 10.0. The van der Waals surface area contributed by atoms with E-state index in [-0.39, 0.29) is 5.11 Å². The Morgan fingerprint density at radius 3 is 2.61 bits per heavy atom. The Labute approximate surface area is 205 Å². The van der Waals surface area contributed by atoms with Gasteiger partial charge in [-0.3, -0.25) is 5.32 Å². The largest absolute Gasteiger partial charge is 0.465 e. The number of aryl methyl sites for hydroxylation is 1. The van der Waals surface area contributed by atoms with Crippen LogP contribution in [0.15, 0.2) is 60.9 Å². The number of carbonyl (C=O) groups is 1. The predicted octanol–water partition coefficient (Wildman–Crippen LogP) is 5.61. The number of halogens is 1. The minimum Gasteiger partial charge on any atom is -0.465 e. The van der Waals surface area contributed by atoms with Crippen LogP contribution in [0.4, 0.5) is 10.9 Å². The van der Waals surface area contributed by atoms with Crippen LogP contribution in [0.1, 0.15) is 20.8 Å². The smallest absolute Gasteiger partial charge is 0.341 e. The maximum Gasteiger partial charge on any atom is 0.341 e. The van der Waals surface area contributed by atoms with Gasteiger partial charge < -0.3 is 10.1 Å². The Morgan fingerprint density at radius 2 is 1.88 bits per heavy atom. The molecule has 0 aliphatic rings. The summed E-state index contributed by atoms with van der Waals surface area (Å²) in [5.74, 6) is -0.110. The summed E-state index contributed by atoms with van der Waals surface area (Å²) < 4.78 is 6.71. The number of rotatable bonds is 6. The summed E-state index contributed by atoms with van der Waals surface area (Å²) in [6.07, 6.45) is 1.59. The Balaban J connectivity index is 1.52. The molecule has 168 valence electrons. The van der Waals surface area contributed by atoms with Gasteiger partial charge in [0.1, 0.15) is 16.9 Å². The third kappa shape index (κ3) is 5.22. The minimum atomic E-state index is -0.439. The molecule has 4 rings (SSSR count). The number of thiophene rings is 1. The van der Waals surface area contributed by atoms with Crippen molar-refractivity contribution in [2.75, 3.05) is 17.7 Å².